The first-order chi connectivity index (χ1) is 15.3. The van der Waals surface area contributed by atoms with Crippen LogP contribution in [0.2, 0.25) is 0 Å². The minimum absolute atomic E-state index is 0.00732. The Hall–Kier alpha value is -3.33. The van der Waals surface area contributed by atoms with E-state index in [1.807, 2.05) is 13.8 Å². The summed E-state index contributed by atoms with van der Waals surface area (Å²) in [7, 11) is 0. The van der Waals surface area contributed by atoms with Gasteiger partial charge in [-0.2, -0.15) is 4.98 Å². The van der Waals surface area contributed by atoms with E-state index in [1.165, 1.54) is 18.2 Å². The quantitative estimate of drug-likeness (QED) is 0.547. The highest BCUT2D eigenvalue weighted by Crippen LogP contribution is 2.29. The first-order valence-electron chi connectivity index (χ1n) is 10.1. The van der Waals surface area contributed by atoms with E-state index >= 15 is 0 Å². The fraction of sp³-hybridized carbons (Fsp3) is 0.304. The minimum atomic E-state index is -0.722. The Morgan fingerprint density at radius 2 is 1.94 bits per heavy atom. The lowest BCUT2D eigenvalue weighted by molar-refractivity contribution is 0.0613. The summed E-state index contributed by atoms with van der Waals surface area (Å²) in [5, 5.41) is 0. The molecule has 168 valence electrons. The zero-order valence-corrected chi connectivity index (χ0v) is 17.5. The Balaban J connectivity index is 1.44. The van der Waals surface area contributed by atoms with Gasteiger partial charge < -0.3 is 14.2 Å². The van der Waals surface area contributed by atoms with Gasteiger partial charge in [-0.05, 0) is 49.7 Å². The molecule has 9 heteroatoms. The van der Waals surface area contributed by atoms with Gasteiger partial charge in [-0.1, -0.05) is 6.07 Å². The van der Waals surface area contributed by atoms with Crippen molar-refractivity contribution in [2.75, 3.05) is 6.61 Å². The van der Waals surface area contributed by atoms with E-state index in [4.69, 9.17) is 14.2 Å². The molecule has 32 heavy (non-hydrogen) atoms. The third-order valence-electron chi connectivity index (χ3n) is 4.89. The average molecular weight is 446 g/mol. The van der Waals surface area contributed by atoms with Crippen molar-refractivity contribution >= 4 is 0 Å². The standard InChI is InChI=1S/C23H21F3N2O4/c1-13(2)30-11-16-9-22(29)27-23-28(16)10-17(32-23)12-31-21-6-3-14(7-20(21)26)18-8-15(24)4-5-19(18)25/h3-9,13,17H,10-12H2,1-2H3/t17-/m0/s1. The molecule has 2 aromatic carbocycles. The van der Waals surface area contributed by atoms with Gasteiger partial charge >= 0.3 is 6.01 Å². The maximum atomic E-state index is 14.5. The molecule has 0 fully saturated rings. The van der Waals surface area contributed by atoms with Crippen LogP contribution in [-0.2, 0) is 17.9 Å². The zero-order chi connectivity index (χ0) is 22.8. The molecule has 0 N–H and O–H groups in total. The number of nitrogens with zero attached hydrogens (tertiary/aromatic N) is 2. The lowest BCUT2D eigenvalue weighted by Gasteiger charge is -2.13. The molecule has 2 heterocycles. The number of ether oxygens (including phenoxy) is 3. The van der Waals surface area contributed by atoms with Crippen LogP contribution in [0.4, 0.5) is 13.2 Å². The van der Waals surface area contributed by atoms with Crippen molar-refractivity contribution in [1.82, 2.24) is 9.55 Å². The summed E-state index contributed by atoms with van der Waals surface area (Å²) in [6.45, 7) is 4.35. The second-order valence-electron chi connectivity index (χ2n) is 7.66. The molecule has 0 radical (unpaired) electrons. The monoisotopic (exact) mass is 446 g/mol. The van der Waals surface area contributed by atoms with E-state index in [1.54, 1.807) is 4.57 Å². The van der Waals surface area contributed by atoms with Gasteiger partial charge in [0.1, 0.15) is 18.2 Å². The van der Waals surface area contributed by atoms with Crippen molar-refractivity contribution in [3.63, 3.8) is 0 Å². The fourth-order valence-corrected chi connectivity index (χ4v) is 3.35. The molecule has 0 amide bonds. The maximum Gasteiger partial charge on any atom is 0.300 e. The number of fused-ring (bicyclic) bond motifs is 1. The fourth-order valence-electron chi connectivity index (χ4n) is 3.35. The highest BCUT2D eigenvalue weighted by molar-refractivity contribution is 5.65. The summed E-state index contributed by atoms with van der Waals surface area (Å²) in [6.07, 6.45) is -0.510. The highest BCUT2D eigenvalue weighted by atomic mass is 19.1. The molecule has 6 nitrogen and oxygen atoms in total. The van der Waals surface area contributed by atoms with E-state index in [-0.39, 0.29) is 42.2 Å². The van der Waals surface area contributed by atoms with Gasteiger partial charge in [0.15, 0.2) is 17.7 Å². The van der Waals surface area contributed by atoms with Crippen LogP contribution in [0.5, 0.6) is 11.8 Å². The van der Waals surface area contributed by atoms with Crippen LogP contribution in [-0.4, -0.2) is 28.4 Å². The third kappa shape index (κ3) is 4.77. The summed E-state index contributed by atoms with van der Waals surface area (Å²) in [5.41, 5.74) is 0.334. The molecule has 1 aromatic heterocycles. The number of benzene rings is 2. The van der Waals surface area contributed by atoms with Gasteiger partial charge in [-0.3, -0.25) is 9.36 Å². The molecule has 1 atom stereocenters. The predicted octanol–water partition coefficient (Wildman–Crippen LogP) is 4.09. The molecule has 0 spiro atoms. The summed E-state index contributed by atoms with van der Waals surface area (Å²) >= 11 is 0. The molecule has 0 aliphatic carbocycles. The molecule has 3 aromatic rings. The molecule has 0 unspecified atom stereocenters. The molecule has 0 saturated carbocycles. The van der Waals surface area contributed by atoms with Gasteiger partial charge in [0.25, 0.3) is 5.56 Å². The Labute approximate surface area is 182 Å². The van der Waals surface area contributed by atoms with E-state index in [0.717, 1.165) is 24.3 Å². The lowest BCUT2D eigenvalue weighted by Crippen LogP contribution is -2.24. The summed E-state index contributed by atoms with van der Waals surface area (Å²) in [6, 6.07) is 8.41. The molecule has 0 bridgehead atoms. The largest absolute Gasteiger partial charge is 0.487 e. The van der Waals surface area contributed by atoms with Gasteiger partial charge in [0.05, 0.1) is 24.9 Å². The third-order valence-corrected chi connectivity index (χ3v) is 4.89. The summed E-state index contributed by atoms with van der Waals surface area (Å²) < 4.78 is 60.4. The number of hydrogen-bond donors (Lipinski definition) is 0. The molecule has 1 aliphatic rings. The normalized spacial score (nSPS) is 15.0. The van der Waals surface area contributed by atoms with Crippen LogP contribution in [0.15, 0.2) is 47.3 Å². The van der Waals surface area contributed by atoms with Crippen molar-refractivity contribution < 1.29 is 27.4 Å². The van der Waals surface area contributed by atoms with Gasteiger partial charge in [-0.25, -0.2) is 13.2 Å². The molecule has 0 saturated heterocycles. The van der Waals surface area contributed by atoms with Crippen molar-refractivity contribution in [2.24, 2.45) is 0 Å². The van der Waals surface area contributed by atoms with Crippen LogP contribution in [0.25, 0.3) is 11.1 Å². The van der Waals surface area contributed by atoms with Gasteiger partial charge in [0, 0.05) is 11.6 Å². The van der Waals surface area contributed by atoms with Crippen LogP contribution in [0.1, 0.15) is 19.5 Å². The van der Waals surface area contributed by atoms with Crippen molar-refractivity contribution in [3.05, 3.63) is 76.0 Å². The smallest absolute Gasteiger partial charge is 0.300 e. The van der Waals surface area contributed by atoms with Crippen molar-refractivity contribution in [3.8, 4) is 22.9 Å². The van der Waals surface area contributed by atoms with Gasteiger partial charge in [0.2, 0.25) is 0 Å². The van der Waals surface area contributed by atoms with E-state index in [9.17, 15) is 18.0 Å². The zero-order valence-electron chi connectivity index (χ0n) is 17.5. The van der Waals surface area contributed by atoms with E-state index in [2.05, 4.69) is 4.98 Å². The predicted molar refractivity (Wildman–Crippen MR) is 110 cm³/mol. The Bertz CT molecular complexity index is 1200. The van der Waals surface area contributed by atoms with Gasteiger partial charge in [-0.15, -0.1) is 0 Å². The second-order valence-corrected chi connectivity index (χ2v) is 7.66. The molecular formula is C23H21F3N2O4. The molecule has 1 aliphatic heterocycles. The number of halogens is 3. The average Bonchev–Trinajstić information content (AvgIpc) is 3.15. The number of hydrogen-bond acceptors (Lipinski definition) is 5. The SMILES string of the molecule is CC(C)OCc1cc(=O)nc2n1C[C@@H](COc1ccc(-c3cc(F)ccc3F)cc1F)O2. The first-order valence-corrected chi connectivity index (χ1v) is 10.1. The lowest BCUT2D eigenvalue weighted by atomic mass is 10.0. The topological polar surface area (TPSA) is 62.6 Å². The summed E-state index contributed by atoms with van der Waals surface area (Å²) in [4.78, 5) is 15.7. The number of rotatable bonds is 7. The summed E-state index contributed by atoms with van der Waals surface area (Å²) in [5.74, 6) is -2.06. The first kappa shape index (κ1) is 21.9. The molecule has 4 rings (SSSR count). The Morgan fingerprint density at radius 3 is 2.69 bits per heavy atom. The van der Waals surface area contributed by atoms with Crippen LogP contribution in [0.3, 0.4) is 0 Å². The number of aromatic nitrogens is 2. The van der Waals surface area contributed by atoms with Crippen molar-refractivity contribution in [1.29, 1.82) is 0 Å². The van der Waals surface area contributed by atoms with Crippen LogP contribution >= 0.6 is 0 Å². The second kappa shape index (κ2) is 9.04. The van der Waals surface area contributed by atoms with E-state index < -0.39 is 29.1 Å². The Morgan fingerprint density at radius 1 is 1.12 bits per heavy atom. The highest BCUT2D eigenvalue weighted by Gasteiger charge is 2.27. The molecular weight excluding hydrogens is 425 g/mol. The van der Waals surface area contributed by atoms with Crippen LogP contribution in [0, 0.1) is 17.5 Å². The Kier molecular flexibility index (Phi) is 6.18. The van der Waals surface area contributed by atoms with E-state index in [0.29, 0.717) is 12.2 Å². The van der Waals surface area contributed by atoms with Crippen LogP contribution < -0.4 is 15.0 Å². The minimum Gasteiger partial charge on any atom is -0.487 e. The van der Waals surface area contributed by atoms with Crippen molar-refractivity contribution in [2.45, 2.75) is 39.2 Å². The maximum absolute atomic E-state index is 14.5.